The molecule has 0 N–H and O–H groups in total. The van der Waals surface area contributed by atoms with Gasteiger partial charge < -0.3 is 9.64 Å². The molecule has 0 spiro atoms. The van der Waals surface area contributed by atoms with Gasteiger partial charge in [-0.05, 0) is 36.6 Å². The molecule has 138 valence electrons. The van der Waals surface area contributed by atoms with Gasteiger partial charge in [0.05, 0.1) is 29.4 Å². The monoisotopic (exact) mass is 369 g/mol. The number of amides is 1. The Morgan fingerprint density at radius 1 is 1.32 bits per heavy atom. The van der Waals surface area contributed by atoms with E-state index in [0.29, 0.717) is 25.7 Å². The van der Waals surface area contributed by atoms with Crippen LogP contribution >= 0.6 is 0 Å². The Hall–Kier alpha value is -1.47. The summed E-state index contributed by atoms with van der Waals surface area (Å²) in [5.41, 5.74) is -0.0318. The lowest BCUT2D eigenvalue weighted by Gasteiger charge is -2.25. The van der Waals surface area contributed by atoms with Crippen molar-refractivity contribution in [3.63, 3.8) is 0 Å². The summed E-state index contributed by atoms with van der Waals surface area (Å²) in [7, 11) is -3.68. The van der Waals surface area contributed by atoms with Crippen molar-refractivity contribution in [3.05, 3.63) is 30.1 Å². The Labute approximate surface area is 148 Å². The molecule has 1 aromatic rings. The SMILES string of the molecule is CC(CC(=O)N1CC(C)(C)[C@@H]2COC[C@@H]21)S(=O)(=O)c1ccc(F)cc1. The normalized spacial score (nSPS) is 26.5. The Morgan fingerprint density at radius 3 is 2.60 bits per heavy atom. The van der Waals surface area contributed by atoms with E-state index in [-0.39, 0.29) is 28.7 Å². The van der Waals surface area contributed by atoms with E-state index in [1.807, 2.05) is 0 Å². The molecule has 1 unspecified atom stereocenters. The van der Waals surface area contributed by atoms with Gasteiger partial charge in [0.2, 0.25) is 5.91 Å². The summed E-state index contributed by atoms with van der Waals surface area (Å²) in [4.78, 5) is 14.6. The molecular weight excluding hydrogens is 345 g/mol. The summed E-state index contributed by atoms with van der Waals surface area (Å²) in [6.07, 6.45) is -0.0843. The van der Waals surface area contributed by atoms with Crippen molar-refractivity contribution >= 4 is 15.7 Å². The average molecular weight is 369 g/mol. The highest BCUT2D eigenvalue weighted by molar-refractivity contribution is 7.92. The number of carbonyl (C=O) groups is 1. The number of rotatable bonds is 4. The lowest BCUT2D eigenvalue weighted by molar-refractivity contribution is -0.132. The van der Waals surface area contributed by atoms with Crippen LogP contribution < -0.4 is 0 Å². The number of nitrogens with zero attached hydrogens (tertiary/aromatic N) is 1. The van der Waals surface area contributed by atoms with Gasteiger partial charge in [-0.2, -0.15) is 0 Å². The maximum absolute atomic E-state index is 13.0. The van der Waals surface area contributed by atoms with E-state index in [2.05, 4.69) is 13.8 Å². The topological polar surface area (TPSA) is 63.7 Å². The van der Waals surface area contributed by atoms with E-state index >= 15 is 0 Å². The molecule has 0 bridgehead atoms. The first kappa shape index (κ1) is 18.3. The van der Waals surface area contributed by atoms with Gasteiger partial charge in [-0.25, -0.2) is 12.8 Å². The van der Waals surface area contributed by atoms with Gasteiger partial charge in [0.15, 0.2) is 9.84 Å². The molecule has 2 heterocycles. The fourth-order valence-corrected chi connectivity index (χ4v) is 5.21. The first-order valence-electron chi connectivity index (χ1n) is 8.49. The standard InChI is InChI=1S/C18H24FNO4S/c1-12(25(22,23)14-6-4-13(19)5-7-14)8-17(21)20-11-18(2,3)15-9-24-10-16(15)20/h4-7,12,15-16H,8-11H2,1-3H3/t12?,15-,16+/m1/s1. The number of ether oxygens (including phenoxy) is 1. The molecule has 0 radical (unpaired) electrons. The van der Waals surface area contributed by atoms with Gasteiger partial charge in [0.25, 0.3) is 0 Å². The van der Waals surface area contributed by atoms with Crippen LogP contribution in [0, 0.1) is 17.2 Å². The van der Waals surface area contributed by atoms with Gasteiger partial charge in [-0.15, -0.1) is 0 Å². The number of halogens is 1. The van der Waals surface area contributed by atoms with Crippen molar-refractivity contribution in [2.24, 2.45) is 11.3 Å². The maximum Gasteiger partial charge on any atom is 0.224 e. The molecule has 2 aliphatic heterocycles. The second-order valence-electron chi connectivity index (χ2n) is 7.74. The predicted octanol–water partition coefficient (Wildman–Crippen LogP) is 2.26. The zero-order chi connectivity index (χ0) is 18.4. The Kier molecular flexibility index (Phi) is 4.66. The number of sulfone groups is 1. The average Bonchev–Trinajstić information content (AvgIpc) is 3.11. The van der Waals surface area contributed by atoms with Crippen molar-refractivity contribution in [2.45, 2.75) is 43.4 Å². The summed E-state index contributed by atoms with van der Waals surface area (Å²) in [5.74, 6) is -0.362. The van der Waals surface area contributed by atoms with Crippen LogP contribution in [0.3, 0.4) is 0 Å². The quantitative estimate of drug-likeness (QED) is 0.764. The van der Waals surface area contributed by atoms with Crippen LogP contribution in [-0.4, -0.2) is 50.3 Å². The fourth-order valence-electron chi connectivity index (χ4n) is 3.87. The summed E-state index contributed by atoms with van der Waals surface area (Å²) in [6.45, 7) is 7.54. The number of benzene rings is 1. The minimum Gasteiger partial charge on any atom is -0.379 e. The molecule has 0 aromatic heterocycles. The number of hydrogen-bond donors (Lipinski definition) is 0. The van der Waals surface area contributed by atoms with Crippen molar-refractivity contribution in [2.75, 3.05) is 19.8 Å². The minimum atomic E-state index is -3.68. The highest BCUT2D eigenvalue weighted by atomic mass is 32.2. The van der Waals surface area contributed by atoms with Crippen LogP contribution in [0.15, 0.2) is 29.2 Å². The molecule has 7 heteroatoms. The van der Waals surface area contributed by atoms with Crippen LogP contribution in [0.4, 0.5) is 4.39 Å². The second kappa shape index (κ2) is 6.36. The van der Waals surface area contributed by atoms with Crippen LogP contribution in [0.2, 0.25) is 0 Å². The number of fused-ring (bicyclic) bond motifs is 1. The molecule has 0 aliphatic carbocycles. The van der Waals surface area contributed by atoms with E-state index in [1.165, 1.54) is 19.1 Å². The maximum atomic E-state index is 13.0. The number of likely N-dealkylation sites (tertiary alicyclic amines) is 1. The molecule has 2 aliphatic rings. The third-order valence-corrected chi connectivity index (χ3v) is 7.64. The van der Waals surface area contributed by atoms with E-state index < -0.39 is 20.9 Å². The van der Waals surface area contributed by atoms with E-state index in [1.54, 1.807) is 4.90 Å². The first-order valence-corrected chi connectivity index (χ1v) is 10.0. The molecule has 2 saturated heterocycles. The summed E-state index contributed by atoms with van der Waals surface area (Å²) >= 11 is 0. The lowest BCUT2D eigenvalue weighted by atomic mass is 9.80. The minimum absolute atomic E-state index is 0.0308. The van der Waals surface area contributed by atoms with E-state index in [0.717, 1.165) is 12.1 Å². The third kappa shape index (κ3) is 3.31. The molecule has 25 heavy (non-hydrogen) atoms. The van der Waals surface area contributed by atoms with Crippen LogP contribution in [0.25, 0.3) is 0 Å². The largest absolute Gasteiger partial charge is 0.379 e. The summed E-state index contributed by atoms with van der Waals surface area (Å²) < 4.78 is 43.8. The molecule has 3 atom stereocenters. The van der Waals surface area contributed by atoms with Crippen molar-refractivity contribution in [3.8, 4) is 0 Å². The highest BCUT2D eigenvalue weighted by Crippen LogP contribution is 2.43. The third-order valence-electron chi connectivity index (χ3n) is 5.49. The Balaban J connectivity index is 1.73. The highest BCUT2D eigenvalue weighted by Gasteiger charge is 2.51. The van der Waals surface area contributed by atoms with Crippen LogP contribution in [-0.2, 0) is 19.4 Å². The van der Waals surface area contributed by atoms with Gasteiger partial charge in [0, 0.05) is 18.9 Å². The van der Waals surface area contributed by atoms with Gasteiger partial charge in [-0.3, -0.25) is 4.79 Å². The van der Waals surface area contributed by atoms with Crippen LogP contribution in [0.5, 0.6) is 0 Å². The number of carbonyl (C=O) groups excluding carboxylic acids is 1. The summed E-state index contributed by atoms with van der Waals surface area (Å²) in [5, 5.41) is -0.866. The predicted molar refractivity (Wildman–Crippen MR) is 91.3 cm³/mol. The van der Waals surface area contributed by atoms with Crippen molar-refractivity contribution in [1.82, 2.24) is 4.90 Å². The molecule has 0 saturated carbocycles. The molecule has 5 nitrogen and oxygen atoms in total. The first-order chi connectivity index (χ1) is 11.6. The molecular formula is C18H24FNO4S. The van der Waals surface area contributed by atoms with Gasteiger partial charge in [0.1, 0.15) is 5.82 Å². The van der Waals surface area contributed by atoms with Gasteiger partial charge >= 0.3 is 0 Å². The Bertz CT molecular complexity index is 760. The zero-order valence-corrected chi connectivity index (χ0v) is 15.6. The van der Waals surface area contributed by atoms with Crippen molar-refractivity contribution < 1.29 is 22.3 Å². The van der Waals surface area contributed by atoms with Gasteiger partial charge in [-0.1, -0.05) is 13.8 Å². The zero-order valence-electron chi connectivity index (χ0n) is 14.7. The van der Waals surface area contributed by atoms with E-state index in [9.17, 15) is 17.6 Å². The Morgan fingerprint density at radius 2 is 1.96 bits per heavy atom. The molecule has 3 rings (SSSR count). The summed E-state index contributed by atoms with van der Waals surface area (Å²) in [6, 6.07) is 4.75. The fraction of sp³-hybridized carbons (Fsp3) is 0.611. The smallest absolute Gasteiger partial charge is 0.224 e. The molecule has 2 fully saturated rings. The number of hydrogen-bond acceptors (Lipinski definition) is 4. The molecule has 1 amide bonds. The lowest BCUT2D eigenvalue weighted by Crippen LogP contribution is -2.40. The molecule has 1 aromatic carbocycles. The second-order valence-corrected chi connectivity index (χ2v) is 10.1. The van der Waals surface area contributed by atoms with Crippen LogP contribution in [0.1, 0.15) is 27.2 Å². The van der Waals surface area contributed by atoms with Crippen molar-refractivity contribution in [1.29, 1.82) is 0 Å². The van der Waals surface area contributed by atoms with E-state index in [4.69, 9.17) is 4.74 Å².